The zero-order chi connectivity index (χ0) is 21.1. The Balaban J connectivity index is 1.64. The number of halogens is 3. The van der Waals surface area contributed by atoms with Gasteiger partial charge in [-0.15, -0.1) is 0 Å². The summed E-state index contributed by atoms with van der Waals surface area (Å²) in [6, 6.07) is 13.3. The fraction of sp³-hybridized carbons (Fsp3) is 0.350. The van der Waals surface area contributed by atoms with E-state index in [1.54, 1.807) is 0 Å². The van der Waals surface area contributed by atoms with E-state index in [-0.39, 0.29) is 32.5 Å². The SMILES string of the molecule is O=C(OCc1ccccc1)C1CCN(S(=O)(=O)c2ccccc2C(F)(F)F)CC1. The van der Waals surface area contributed by atoms with Crippen LogP contribution in [0.1, 0.15) is 24.0 Å². The van der Waals surface area contributed by atoms with Gasteiger partial charge in [0.25, 0.3) is 0 Å². The number of ether oxygens (including phenoxy) is 1. The molecule has 1 saturated heterocycles. The third-order valence-corrected chi connectivity index (χ3v) is 6.78. The Bertz CT molecular complexity index is 953. The third kappa shape index (κ3) is 4.97. The van der Waals surface area contributed by atoms with Crippen molar-refractivity contribution in [2.24, 2.45) is 5.92 Å². The first kappa shape index (κ1) is 21.3. The van der Waals surface area contributed by atoms with E-state index < -0.39 is 38.5 Å². The molecular weight excluding hydrogens is 407 g/mol. The highest BCUT2D eigenvalue weighted by atomic mass is 32.2. The van der Waals surface area contributed by atoms with Crippen LogP contribution >= 0.6 is 0 Å². The van der Waals surface area contributed by atoms with Crippen molar-refractivity contribution in [1.29, 1.82) is 0 Å². The normalized spacial score (nSPS) is 16.5. The van der Waals surface area contributed by atoms with Crippen molar-refractivity contribution in [3.05, 3.63) is 65.7 Å². The second-order valence-electron chi connectivity index (χ2n) is 6.77. The van der Waals surface area contributed by atoms with Crippen molar-refractivity contribution in [1.82, 2.24) is 4.31 Å². The molecule has 0 spiro atoms. The molecule has 0 radical (unpaired) electrons. The molecule has 29 heavy (non-hydrogen) atoms. The first-order valence-corrected chi connectivity index (χ1v) is 10.5. The zero-order valence-corrected chi connectivity index (χ0v) is 16.2. The van der Waals surface area contributed by atoms with Crippen molar-refractivity contribution in [2.75, 3.05) is 13.1 Å². The molecule has 0 aromatic heterocycles. The zero-order valence-electron chi connectivity index (χ0n) is 15.4. The molecule has 0 atom stereocenters. The van der Waals surface area contributed by atoms with Gasteiger partial charge in [-0.2, -0.15) is 17.5 Å². The Labute approximate surface area is 167 Å². The molecule has 1 fully saturated rings. The highest BCUT2D eigenvalue weighted by Gasteiger charge is 2.40. The lowest BCUT2D eigenvalue weighted by Gasteiger charge is -2.30. The van der Waals surface area contributed by atoms with Crippen molar-refractivity contribution >= 4 is 16.0 Å². The average Bonchev–Trinajstić information content (AvgIpc) is 2.72. The summed E-state index contributed by atoms with van der Waals surface area (Å²) < 4.78 is 71.4. The second kappa shape index (κ2) is 8.54. The highest BCUT2D eigenvalue weighted by Crippen LogP contribution is 2.36. The largest absolute Gasteiger partial charge is 0.461 e. The van der Waals surface area contributed by atoms with Gasteiger partial charge in [0.1, 0.15) is 6.61 Å². The van der Waals surface area contributed by atoms with Gasteiger partial charge in [0, 0.05) is 13.1 Å². The lowest BCUT2D eigenvalue weighted by molar-refractivity contribution is -0.151. The molecule has 2 aromatic carbocycles. The number of hydrogen-bond acceptors (Lipinski definition) is 4. The van der Waals surface area contributed by atoms with Crippen molar-refractivity contribution in [2.45, 2.75) is 30.5 Å². The molecule has 0 saturated carbocycles. The monoisotopic (exact) mass is 427 g/mol. The van der Waals surface area contributed by atoms with Crippen LogP contribution in [0.5, 0.6) is 0 Å². The Hall–Kier alpha value is -2.39. The van der Waals surface area contributed by atoms with Gasteiger partial charge in [-0.05, 0) is 30.5 Å². The summed E-state index contributed by atoms with van der Waals surface area (Å²) in [5, 5.41) is 0. The average molecular weight is 427 g/mol. The van der Waals surface area contributed by atoms with Gasteiger partial charge in [-0.3, -0.25) is 4.79 Å². The summed E-state index contributed by atoms with van der Waals surface area (Å²) in [6.45, 7) is 0.0381. The number of sulfonamides is 1. The number of piperidine rings is 1. The molecule has 0 aliphatic carbocycles. The maximum Gasteiger partial charge on any atom is 0.417 e. The minimum atomic E-state index is -4.77. The molecule has 1 aliphatic rings. The Morgan fingerprint density at radius 2 is 1.59 bits per heavy atom. The van der Waals surface area contributed by atoms with Crippen LogP contribution in [0.15, 0.2) is 59.5 Å². The topological polar surface area (TPSA) is 63.7 Å². The van der Waals surface area contributed by atoms with Crippen LogP contribution in [0.25, 0.3) is 0 Å². The predicted molar refractivity (Wildman–Crippen MR) is 99.2 cm³/mol. The van der Waals surface area contributed by atoms with E-state index in [2.05, 4.69) is 0 Å². The molecule has 0 N–H and O–H groups in total. The van der Waals surface area contributed by atoms with Crippen LogP contribution in [0.4, 0.5) is 13.2 Å². The second-order valence-corrected chi connectivity index (χ2v) is 8.67. The van der Waals surface area contributed by atoms with Gasteiger partial charge >= 0.3 is 12.1 Å². The number of alkyl halides is 3. The summed E-state index contributed by atoms with van der Waals surface area (Å²) in [7, 11) is -4.32. The molecule has 0 unspecified atom stereocenters. The first-order valence-electron chi connectivity index (χ1n) is 9.06. The van der Waals surface area contributed by atoms with Crippen molar-refractivity contribution in [3.63, 3.8) is 0 Å². The summed E-state index contributed by atoms with van der Waals surface area (Å²) in [5.41, 5.74) is -0.353. The smallest absolute Gasteiger partial charge is 0.417 e. The molecule has 1 heterocycles. The molecular formula is C20H20F3NO4S. The van der Waals surface area contributed by atoms with Gasteiger partial charge in [0.15, 0.2) is 0 Å². The molecule has 5 nitrogen and oxygen atoms in total. The lowest BCUT2D eigenvalue weighted by Crippen LogP contribution is -2.41. The number of carbonyl (C=O) groups is 1. The molecule has 156 valence electrons. The molecule has 2 aromatic rings. The van der Waals surface area contributed by atoms with Gasteiger partial charge in [-0.25, -0.2) is 8.42 Å². The summed E-state index contributed by atoms with van der Waals surface area (Å²) >= 11 is 0. The number of carbonyl (C=O) groups excluding carboxylic acids is 1. The van der Waals surface area contributed by atoms with Crippen LogP contribution in [0.2, 0.25) is 0 Å². The van der Waals surface area contributed by atoms with Crippen LogP contribution in [-0.2, 0) is 32.3 Å². The van der Waals surface area contributed by atoms with E-state index in [0.717, 1.165) is 28.1 Å². The minimum absolute atomic E-state index is 0.0420. The quantitative estimate of drug-likeness (QED) is 0.680. The molecule has 9 heteroatoms. The van der Waals surface area contributed by atoms with E-state index in [9.17, 15) is 26.4 Å². The van der Waals surface area contributed by atoms with E-state index in [0.29, 0.717) is 0 Å². The predicted octanol–water partition coefficient (Wildman–Crippen LogP) is 3.85. The highest BCUT2D eigenvalue weighted by molar-refractivity contribution is 7.89. The van der Waals surface area contributed by atoms with E-state index >= 15 is 0 Å². The Morgan fingerprint density at radius 1 is 1.00 bits per heavy atom. The number of nitrogens with zero attached hydrogens (tertiary/aromatic N) is 1. The first-order chi connectivity index (χ1) is 13.7. The van der Waals surface area contributed by atoms with Gasteiger partial charge < -0.3 is 4.74 Å². The minimum Gasteiger partial charge on any atom is -0.461 e. The van der Waals surface area contributed by atoms with Crippen molar-refractivity contribution < 1.29 is 31.1 Å². The number of rotatable bonds is 5. The molecule has 3 rings (SSSR count). The van der Waals surface area contributed by atoms with Gasteiger partial charge in [-0.1, -0.05) is 42.5 Å². The molecule has 0 amide bonds. The third-order valence-electron chi connectivity index (χ3n) is 4.82. The van der Waals surface area contributed by atoms with E-state index in [1.165, 1.54) is 6.07 Å². The summed E-state index contributed by atoms with van der Waals surface area (Å²) in [6.07, 6.45) is -4.38. The number of hydrogen-bond donors (Lipinski definition) is 0. The Morgan fingerprint density at radius 3 is 2.21 bits per heavy atom. The van der Waals surface area contributed by atoms with Crippen LogP contribution in [-0.4, -0.2) is 31.8 Å². The van der Waals surface area contributed by atoms with Crippen LogP contribution in [0.3, 0.4) is 0 Å². The number of esters is 1. The summed E-state index contributed by atoms with van der Waals surface area (Å²) in [4.78, 5) is 11.5. The fourth-order valence-electron chi connectivity index (χ4n) is 3.24. The standard InChI is InChI=1S/C20H20F3NO4S/c21-20(22,23)17-8-4-5-9-18(17)29(26,27)24-12-10-16(11-13-24)19(25)28-14-15-6-2-1-3-7-15/h1-9,16H,10-14H2. The van der Waals surface area contributed by atoms with E-state index in [4.69, 9.17) is 4.74 Å². The number of benzene rings is 2. The lowest BCUT2D eigenvalue weighted by atomic mass is 9.98. The van der Waals surface area contributed by atoms with Gasteiger partial charge in [0.05, 0.1) is 16.4 Å². The van der Waals surface area contributed by atoms with Crippen molar-refractivity contribution in [3.8, 4) is 0 Å². The van der Waals surface area contributed by atoms with E-state index in [1.807, 2.05) is 30.3 Å². The molecule has 0 bridgehead atoms. The maximum absolute atomic E-state index is 13.2. The maximum atomic E-state index is 13.2. The summed E-state index contributed by atoms with van der Waals surface area (Å²) in [5.74, 6) is -0.912. The fourth-order valence-corrected chi connectivity index (χ4v) is 4.93. The van der Waals surface area contributed by atoms with Crippen LogP contribution in [0, 0.1) is 5.92 Å². The Kier molecular flexibility index (Phi) is 6.28. The molecule has 1 aliphatic heterocycles. The van der Waals surface area contributed by atoms with Crippen LogP contribution < -0.4 is 0 Å². The van der Waals surface area contributed by atoms with Gasteiger partial charge in [0.2, 0.25) is 10.0 Å².